The third-order valence-electron chi connectivity index (χ3n) is 4.20. The Bertz CT molecular complexity index is 759. The third-order valence-corrected chi connectivity index (χ3v) is 6.25. The lowest BCUT2D eigenvalue weighted by molar-refractivity contribution is -0.118. The Morgan fingerprint density at radius 1 is 1.24 bits per heavy atom. The van der Waals surface area contributed by atoms with E-state index in [-0.39, 0.29) is 11.4 Å². The SMILES string of the molecule is CCN(CC)S(=O)(=O)c1ccc2c(c1)CCN2CC(=O)NC(=O)NC. The van der Waals surface area contributed by atoms with Crippen molar-refractivity contribution in [1.29, 1.82) is 0 Å². The van der Waals surface area contributed by atoms with Crippen LogP contribution >= 0.6 is 0 Å². The zero-order valence-corrected chi connectivity index (χ0v) is 15.5. The number of urea groups is 1. The highest BCUT2D eigenvalue weighted by atomic mass is 32.2. The van der Waals surface area contributed by atoms with Crippen molar-refractivity contribution in [2.24, 2.45) is 0 Å². The number of hydrogen-bond donors (Lipinski definition) is 2. The molecule has 0 aliphatic carbocycles. The molecule has 2 rings (SSSR count). The van der Waals surface area contributed by atoms with Crippen LogP contribution in [-0.4, -0.2) is 57.9 Å². The van der Waals surface area contributed by atoms with Crippen LogP contribution in [0.3, 0.4) is 0 Å². The molecule has 1 aliphatic rings. The maximum Gasteiger partial charge on any atom is 0.321 e. The second kappa shape index (κ2) is 7.83. The summed E-state index contributed by atoms with van der Waals surface area (Å²) in [6, 6.07) is 4.43. The van der Waals surface area contributed by atoms with Crippen LogP contribution in [0.2, 0.25) is 0 Å². The fourth-order valence-electron chi connectivity index (χ4n) is 2.89. The highest BCUT2D eigenvalue weighted by Crippen LogP contribution is 2.30. The summed E-state index contributed by atoms with van der Waals surface area (Å²) in [6.45, 7) is 5.10. The highest BCUT2D eigenvalue weighted by Gasteiger charge is 2.26. The predicted octanol–water partition coefficient (Wildman–Crippen LogP) is 0.535. The molecule has 25 heavy (non-hydrogen) atoms. The van der Waals surface area contributed by atoms with Crippen LogP contribution in [-0.2, 0) is 21.2 Å². The maximum atomic E-state index is 12.6. The number of fused-ring (bicyclic) bond motifs is 1. The van der Waals surface area contributed by atoms with Gasteiger partial charge in [-0.25, -0.2) is 13.2 Å². The zero-order chi connectivity index (χ0) is 18.6. The topological polar surface area (TPSA) is 98.8 Å². The van der Waals surface area contributed by atoms with Gasteiger partial charge in [-0.3, -0.25) is 10.1 Å². The molecule has 1 aromatic rings. The fourth-order valence-corrected chi connectivity index (χ4v) is 4.39. The smallest absolute Gasteiger partial charge is 0.321 e. The first-order chi connectivity index (χ1) is 11.8. The van der Waals surface area contributed by atoms with Crippen molar-refractivity contribution in [3.63, 3.8) is 0 Å². The molecule has 0 bridgehead atoms. The van der Waals surface area contributed by atoms with Crippen molar-refractivity contribution in [2.45, 2.75) is 25.2 Å². The van der Waals surface area contributed by atoms with E-state index in [2.05, 4.69) is 10.6 Å². The summed E-state index contributed by atoms with van der Waals surface area (Å²) in [6.07, 6.45) is 0.657. The Kier molecular flexibility index (Phi) is 6.02. The zero-order valence-electron chi connectivity index (χ0n) is 14.7. The minimum absolute atomic E-state index is 0.0442. The van der Waals surface area contributed by atoms with Gasteiger partial charge in [-0.05, 0) is 30.2 Å². The molecule has 0 fully saturated rings. The van der Waals surface area contributed by atoms with Gasteiger partial charge in [-0.1, -0.05) is 13.8 Å². The number of hydrogen-bond acceptors (Lipinski definition) is 5. The number of sulfonamides is 1. The van der Waals surface area contributed by atoms with E-state index in [1.165, 1.54) is 11.4 Å². The number of imide groups is 1. The Morgan fingerprint density at radius 3 is 2.52 bits per heavy atom. The monoisotopic (exact) mass is 368 g/mol. The fraction of sp³-hybridized carbons (Fsp3) is 0.500. The van der Waals surface area contributed by atoms with Crippen LogP contribution < -0.4 is 15.5 Å². The summed E-state index contributed by atoms with van der Waals surface area (Å²) >= 11 is 0. The number of carbonyl (C=O) groups excluding carboxylic acids is 2. The van der Waals surface area contributed by atoms with Gasteiger partial charge < -0.3 is 10.2 Å². The van der Waals surface area contributed by atoms with E-state index in [9.17, 15) is 18.0 Å². The molecule has 0 unspecified atom stereocenters. The van der Waals surface area contributed by atoms with Gasteiger partial charge in [0.15, 0.2) is 0 Å². The van der Waals surface area contributed by atoms with Gasteiger partial charge in [-0.15, -0.1) is 0 Å². The minimum Gasteiger partial charge on any atom is -0.362 e. The summed E-state index contributed by atoms with van der Waals surface area (Å²) < 4.78 is 26.6. The summed E-state index contributed by atoms with van der Waals surface area (Å²) in [4.78, 5) is 25.1. The molecule has 1 aromatic carbocycles. The molecule has 0 saturated heterocycles. The average molecular weight is 368 g/mol. The number of anilines is 1. The number of benzene rings is 1. The molecule has 9 heteroatoms. The lowest BCUT2D eigenvalue weighted by Gasteiger charge is -2.20. The minimum atomic E-state index is -3.50. The molecule has 0 saturated carbocycles. The third kappa shape index (κ3) is 4.10. The van der Waals surface area contributed by atoms with Gasteiger partial charge in [0, 0.05) is 32.4 Å². The van der Waals surface area contributed by atoms with Crippen LogP contribution in [0.4, 0.5) is 10.5 Å². The Hall–Kier alpha value is -2.13. The van der Waals surface area contributed by atoms with Gasteiger partial charge in [0.25, 0.3) is 0 Å². The second-order valence-electron chi connectivity index (χ2n) is 5.68. The Labute approximate surface area is 148 Å². The number of nitrogens with one attached hydrogen (secondary N) is 2. The predicted molar refractivity (Wildman–Crippen MR) is 95.1 cm³/mol. The molecular formula is C16H24N4O4S. The standard InChI is InChI=1S/C16H24N4O4S/c1-4-20(5-2)25(23,24)13-6-7-14-12(10-13)8-9-19(14)11-15(21)18-16(22)17-3/h6-7,10H,4-5,8-9,11H2,1-3H3,(H2,17,18,21,22). The van der Waals surface area contributed by atoms with Crippen molar-refractivity contribution >= 4 is 27.6 Å². The largest absolute Gasteiger partial charge is 0.362 e. The van der Waals surface area contributed by atoms with Crippen LogP contribution in [0.1, 0.15) is 19.4 Å². The average Bonchev–Trinajstić information content (AvgIpc) is 2.97. The van der Waals surface area contributed by atoms with Gasteiger partial charge in [0.2, 0.25) is 15.9 Å². The number of rotatable bonds is 6. The molecule has 3 amide bonds. The van der Waals surface area contributed by atoms with E-state index in [4.69, 9.17) is 0 Å². The van der Waals surface area contributed by atoms with E-state index in [1.54, 1.807) is 32.0 Å². The second-order valence-corrected chi connectivity index (χ2v) is 7.62. The summed E-state index contributed by atoms with van der Waals surface area (Å²) in [5, 5.41) is 4.54. The van der Waals surface area contributed by atoms with Gasteiger partial charge in [-0.2, -0.15) is 4.31 Å². The van der Waals surface area contributed by atoms with Crippen LogP contribution in [0.5, 0.6) is 0 Å². The van der Waals surface area contributed by atoms with Crippen LogP contribution in [0.15, 0.2) is 23.1 Å². The first-order valence-electron chi connectivity index (χ1n) is 8.23. The molecule has 0 spiro atoms. The molecule has 0 atom stereocenters. The molecule has 0 radical (unpaired) electrons. The molecule has 2 N–H and O–H groups in total. The van der Waals surface area contributed by atoms with Crippen LogP contribution in [0.25, 0.3) is 0 Å². The van der Waals surface area contributed by atoms with E-state index >= 15 is 0 Å². The Morgan fingerprint density at radius 2 is 1.92 bits per heavy atom. The highest BCUT2D eigenvalue weighted by molar-refractivity contribution is 7.89. The molecule has 1 heterocycles. The number of carbonyl (C=O) groups is 2. The molecule has 8 nitrogen and oxygen atoms in total. The van der Waals surface area contributed by atoms with E-state index in [0.29, 0.717) is 26.1 Å². The lowest BCUT2D eigenvalue weighted by Crippen LogP contribution is -2.43. The summed E-state index contributed by atoms with van der Waals surface area (Å²) in [5.41, 5.74) is 1.71. The van der Waals surface area contributed by atoms with Crippen molar-refractivity contribution in [1.82, 2.24) is 14.9 Å². The molecule has 1 aliphatic heterocycles. The van der Waals surface area contributed by atoms with Crippen molar-refractivity contribution < 1.29 is 18.0 Å². The molecular weight excluding hydrogens is 344 g/mol. The molecule has 138 valence electrons. The lowest BCUT2D eigenvalue weighted by atomic mass is 10.2. The summed E-state index contributed by atoms with van der Waals surface area (Å²) in [7, 11) is -2.06. The van der Waals surface area contributed by atoms with Gasteiger partial charge in [0.1, 0.15) is 0 Å². The van der Waals surface area contributed by atoms with E-state index < -0.39 is 22.0 Å². The van der Waals surface area contributed by atoms with Crippen molar-refractivity contribution in [3.8, 4) is 0 Å². The first-order valence-corrected chi connectivity index (χ1v) is 9.67. The number of amides is 3. The van der Waals surface area contributed by atoms with Crippen molar-refractivity contribution in [3.05, 3.63) is 23.8 Å². The number of nitrogens with zero attached hydrogens (tertiary/aromatic N) is 2. The van der Waals surface area contributed by atoms with Gasteiger partial charge in [0.05, 0.1) is 11.4 Å². The van der Waals surface area contributed by atoms with Gasteiger partial charge >= 0.3 is 6.03 Å². The van der Waals surface area contributed by atoms with Crippen LogP contribution in [0, 0.1) is 0 Å². The van der Waals surface area contributed by atoms with Crippen molar-refractivity contribution in [2.75, 3.05) is 38.1 Å². The van der Waals surface area contributed by atoms with E-state index in [0.717, 1.165) is 11.3 Å². The maximum absolute atomic E-state index is 12.6. The quantitative estimate of drug-likeness (QED) is 0.763. The normalized spacial score (nSPS) is 13.7. The van der Waals surface area contributed by atoms with E-state index in [1.807, 2.05) is 4.90 Å². The summed E-state index contributed by atoms with van der Waals surface area (Å²) in [5.74, 6) is -0.410. The molecule has 0 aromatic heterocycles. The Balaban J connectivity index is 2.18. The first kappa shape index (κ1) is 19.2.